The molecule has 1 atom stereocenters. The summed E-state index contributed by atoms with van der Waals surface area (Å²) < 4.78 is 3.39. The van der Waals surface area contributed by atoms with E-state index in [1.807, 2.05) is 11.7 Å². The van der Waals surface area contributed by atoms with Crippen molar-refractivity contribution in [1.29, 1.82) is 0 Å². The van der Waals surface area contributed by atoms with Gasteiger partial charge in [-0.05, 0) is 24.6 Å². The van der Waals surface area contributed by atoms with Gasteiger partial charge in [0, 0.05) is 45.2 Å². The highest BCUT2D eigenvalue weighted by atomic mass is 32.1. The normalized spacial score (nSPS) is 16.4. The summed E-state index contributed by atoms with van der Waals surface area (Å²) in [5.41, 5.74) is 4.28. The van der Waals surface area contributed by atoms with E-state index >= 15 is 0 Å². The van der Waals surface area contributed by atoms with E-state index in [9.17, 15) is 4.79 Å². The SMILES string of the molecule is CC(=O)Nc1cn2c(n1)CCN(C(C)c1ccc3scnc3c1)CC2. The van der Waals surface area contributed by atoms with Crippen molar-refractivity contribution in [3.8, 4) is 0 Å². The average Bonchev–Trinajstić information content (AvgIpc) is 3.15. The zero-order valence-corrected chi connectivity index (χ0v) is 15.2. The van der Waals surface area contributed by atoms with Crippen LogP contribution in [0.3, 0.4) is 0 Å². The molecular formula is C18H21N5OS. The molecule has 0 fully saturated rings. The number of aromatic nitrogens is 3. The number of carbonyl (C=O) groups excluding carboxylic acids is 1. The molecule has 6 nitrogen and oxygen atoms in total. The molecule has 0 spiro atoms. The molecule has 0 aliphatic carbocycles. The number of thiazole rings is 1. The number of amides is 1. The molecular weight excluding hydrogens is 334 g/mol. The molecule has 0 saturated carbocycles. The second-order valence-electron chi connectivity index (χ2n) is 6.46. The Kier molecular flexibility index (Phi) is 4.27. The van der Waals surface area contributed by atoms with Crippen molar-refractivity contribution in [2.75, 3.05) is 18.4 Å². The fourth-order valence-corrected chi connectivity index (χ4v) is 4.07. The second kappa shape index (κ2) is 6.57. The molecule has 7 heteroatoms. The van der Waals surface area contributed by atoms with Crippen molar-refractivity contribution in [1.82, 2.24) is 19.4 Å². The lowest BCUT2D eigenvalue weighted by molar-refractivity contribution is -0.114. The van der Waals surface area contributed by atoms with Crippen molar-refractivity contribution in [2.24, 2.45) is 0 Å². The first-order valence-corrected chi connectivity index (χ1v) is 9.39. The summed E-state index contributed by atoms with van der Waals surface area (Å²) >= 11 is 1.68. The van der Waals surface area contributed by atoms with Gasteiger partial charge in [-0.2, -0.15) is 0 Å². The molecule has 2 aromatic heterocycles. The van der Waals surface area contributed by atoms with Crippen LogP contribution in [0.4, 0.5) is 5.82 Å². The number of anilines is 1. The molecule has 0 saturated heterocycles. The van der Waals surface area contributed by atoms with Crippen LogP contribution in [0.2, 0.25) is 0 Å². The first kappa shape index (κ1) is 16.2. The highest BCUT2D eigenvalue weighted by molar-refractivity contribution is 7.16. The van der Waals surface area contributed by atoms with Crippen molar-refractivity contribution >= 4 is 33.3 Å². The van der Waals surface area contributed by atoms with Crippen LogP contribution >= 0.6 is 11.3 Å². The predicted molar refractivity (Wildman–Crippen MR) is 99.8 cm³/mol. The van der Waals surface area contributed by atoms with Gasteiger partial charge in [0.1, 0.15) is 5.82 Å². The fourth-order valence-electron chi connectivity index (χ4n) is 3.41. The van der Waals surface area contributed by atoms with Crippen molar-refractivity contribution < 1.29 is 4.79 Å². The van der Waals surface area contributed by atoms with Gasteiger partial charge in [-0.1, -0.05) is 6.07 Å². The Morgan fingerprint density at radius 1 is 1.32 bits per heavy atom. The largest absolute Gasteiger partial charge is 0.331 e. The molecule has 130 valence electrons. The summed E-state index contributed by atoms with van der Waals surface area (Å²) in [6.45, 7) is 6.55. The second-order valence-corrected chi connectivity index (χ2v) is 7.34. The maximum atomic E-state index is 11.2. The Labute approximate surface area is 150 Å². The van der Waals surface area contributed by atoms with E-state index in [1.54, 1.807) is 11.3 Å². The number of benzene rings is 1. The van der Waals surface area contributed by atoms with Crippen molar-refractivity contribution in [2.45, 2.75) is 32.9 Å². The third-order valence-electron chi connectivity index (χ3n) is 4.80. The minimum absolute atomic E-state index is 0.0825. The van der Waals surface area contributed by atoms with Crippen LogP contribution < -0.4 is 5.32 Å². The number of hydrogen-bond acceptors (Lipinski definition) is 5. The lowest BCUT2D eigenvalue weighted by Crippen LogP contribution is -2.30. The van der Waals surface area contributed by atoms with E-state index in [4.69, 9.17) is 0 Å². The zero-order chi connectivity index (χ0) is 17.4. The molecule has 4 rings (SSSR count). The number of nitrogens with zero attached hydrogens (tertiary/aromatic N) is 4. The number of rotatable bonds is 3. The summed E-state index contributed by atoms with van der Waals surface area (Å²) in [7, 11) is 0. The van der Waals surface area contributed by atoms with Crippen LogP contribution in [0.5, 0.6) is 0 Å². The minimum atomic E-state index is -0.0825. The van der Waals surface area contributed by atoms with Gasteiger partial charge >= 0.3 is 0 Å². The fraction of sp³-hybridized carbons (Fsp3) is 0.389. The maximum Gasteiger partial charge on any atom is 0.222 e. The number of hydrogen-bond donors (Lipinski definition) is 1. The van der Waals surface area contributed by atoms with Crippen LogP contribution in [0.15, 0.2) is 29.9 Å². The zero-order valence-electron chi connectivity index (χ0n) is 14.4. The maximum absolute atomic E-state index is 11.2. The summed E-state index contributed by atoms with van der Waals surface area (Å²) in [5, 5.41) is 2.77. The Morgan fingerprint density at radius 2 is 2.20 bits per heavy atom. The molecule has 1 amide bonds. The summed E-state index contributed by atoms with van der Waals surface area (Å²) in [6, 6.07) is 6.92. The van der Waals surface area contributed by atoms with E-state index in [-0.39, 0.29) is 5.91 Å². The van der Waals surface area contributed by atoms with E-state index in [1.165, 1.54) is 17.2 Å². The quantitative estimate of drug-likeness (QED) is 0.784. The Balaban J connectivity index is 1.49. The van der Waals surface area contributed by atoms with Gasteiger partial charge in [0.2, 0.25) is 5.91 Å². The smallest absolute Gasteiger partial charge is 0.222 e. The lowest BCUT2D eigenvalue weighted by atomic mass is 10.1. The minimum Gasteiger partial charge on any atom is -0.331 e. The van der Waals surface area contributed by atoms with Gasteiger partial charge in [0.05, 0.1) is 15.7 Å². The van der Waals surface area contributed by atoms with Crippen LogP contribution in [0, 0.1) is 0 Å². The average molecular weight is 355 g/mol. The molecule has 3 heterocycles. The predicted octanol–water partition coefficient (Wildman–Crippen LogP) is 3.07. The van der Waals surface area contributed by atoms with Gasteiger partial charge in [-0.25, -0.2) is 9.97 Å². The lowest BCUT2D eigenvalue weighted by Gasteiger charge is -2.27. The van der Waals surface area contributed by atoms with Gasteiger partial charge in [0.15, 0.2) is 5.82 Å². The summed E-state index contributed by atoms with van der Waals surface area (Å²) in [6.07, 6.45) is 2.81. The molecule has 0 bridgehead atoms. The van der Waals surface area contributed by atoms with Crippen molar-refractivity contribution in [3.63, 3.8) is 0 Å². The van der Waals surface area contributed by atoms with Crippen LogP contribution in [-0.2, 0) is 17.8 Å². The standard InChI is InChI=1S/C18H21N5OS/c1-12(14-3-4-16-15(9-14)19-11-25-16)22-6-5-18-21-17(20-13(2)24)10-23(18)8-7-22/h3-4,9-12H,5-8H2,1-2H3,(H,20,24). The van der Waals surface area contributed by atoms with E-state index < -0.39 is 0 Å². The topological polar surface area (TPSA) is 63.1 Å². The molecule has 1 aliphatic rings. The van der Waals surface area contributed by atoms with E-state index in [0.717, 1.165) is 37.4 Å². The Hall–Kier alpha value is -2.25. The van der Waals surface area contributed by atoms with Gasteiger partial charge in [0.25, 0.3) is 0 Å². The third kappa shape index (κ3) is 3.29. The first-order valence-electron chi connectivity index (χ1n) is 8.51. The molecule has 0 radical (unpaired) electrons. The number of imidazole rings is 1. The molecule has 1 N–H and O–H groups in total. The van der Waals surface area contributed by atoms with Gasteiger partial charge in [-0.3, -0.25) is 9.69 Å². The third-order valence-corrected chi connectivity index (χ3v) is 5.61. The molecule has 3 aromatic rings. The van der Waals surface area contributed by atoms with Gasteiger partial charge < -0.3 is 9.88 Å². The first-order chi connectivity index (χ1) is 12.1. The highest BCUT2D eigenvalue weighted by Gasteiger charge is 2.21. The molecule has 1 unspecified atom stereocenters. The monoisotopic (exact) mass is 355 g/mol. The number of nitrogens with one attached hydrogen (secondary N) is 1. The van der Waals surface area contributed by atoms with E-state index in [0.29, 0.717) is 11.9 Å². The van der Waals surface area contributed by atoms with Crippen LogP contribution in [0.1, 0.15) is 31.3 Å². The summed E-state index contributed by atoms with van der Waals surface area (Å²) in [5.74, 6) is 1.60. The Morgan fingerprint density at radius 3 is 3.04 bits per heavy atom. The van der Waals surface area contributed by atoms with E-state index in [2.05, 4.69) is 49.9 Å². The van der Waals surface area contributed by atoms with Crippen LogP contribution in [-0.4, -0.2) is 38.4 Å². The van der Waals surface area contributed by atoms with Crippen molar-refractivity contribution in [3.05, 3.63) is 41.3 Å². The number of fused-ring (bicyclic) bond motifs is 2. The molecule has 25 heavy (non-hydrogen) atoms. The molecule has 1 aromatic carbocycles. The van der Waals surface area contributed by atoms with Gasteiger partial charge in [-0.15, -0.1) is 11.3 Å². The summed E-state index contributed by atoms with van der Waals surface area (Å²) in [4.78, 5) is 22.7. The van der Waals surface area contributed by atoms with Crippen LogP contribution in [0.25, 0.3) is 10.2 Å². The Bertz CT molecular complexity index is 890. The molecule has 1 aliphatic heterocycles. The number of carbonyl (C=O) groups is 1. The highest BCUT2D eigenvalue weighted by Crippen LogP contribution is 2.27.